The molecule has 0 aliphatic carbocycles. The van der Waals surface area contributed by atoms with Gasteiger partial charge in [-0.3, -0.25) is 4.79 Å². The molecule has 0 bridgehead atoms. The number of rotatable bonds is 10. The van der Waals surface area contributed by atoms with E-state index in [1.165, 1.54) is 16.9 Å². The van der Waals surface area contributed by atoms with Crippen molar-refractivity contribution in [3.05, 3.63) is 51.4 Å². The number of halogens is 1. The lowest BCUT2D eigenvalue weighted by atomic mass is 10.1. The van der Waals surface area contributed by atoms with E-state index in [2.05, 4.69) is 34.6 Å². The minimum atomic E-state index is -0.0133. The lowest BCUT2D eigenvalue weighted by Crippen LogP contribution is -2.26. The molecule has 0 radical (unpaired) electrons. The molecule has 0 spiro atoms. The Bertz CT molecular complexity index is 562. The molecule has 2 rings (SSSR count). The maximum absolute atomic E-state index is 10.4. The van der Waals surface area contributed by atoms with Crippen molar-refractivity contribution in [1.82, 2.24) is 10.3 Å². The molecule has 0 amide bonds. The van der Waals surface area contributed by atoms with Crippen LogP contribution in [0.4, 0.5) is 0 Å². The summed E-state index contributed by atoms with van der Waals surface area (Å²) < 4.78 is 5.54. The minimum absolute atomic E-state index is 0.0133. The third-order valence-electron chi connectivity index (χ3n) is 3.35. The van der Waals surface area contributed by atoms with Gasteiger partial charge in [-0.25, -0.2) is 4.98 Å². The third kappa shape index (κ3) is 5.40. The van der Waals surface area contributed by atoms with Gasteiger partial charge in [0.25, 0.3) is 6.47 Å². The van der Waals surface area contributed by atoms with Crippen molar-refractivity contribution in [1.29, 1.82) is 0 Å². The Labute approximate surface area is 139 Å². The molecule has 22 heavy (non-hydrogen) atoms. The molecule has 0 saturated carbocycles. The molecule has 4 nitrogen and oxygen atoms in total. The van der Waals surface area contributed by atoms with E-state index in [4.69, 9.17) is 16.3 Å². The van der Waals surface area contributed by atoms with Crippen molar-refractivity contribution in [2.24, 2.45) is 0 Å². The number of thiazole rings is 1. The average Bonchev–Trinajstić information content (AvgIpc) is 2.97. The van der Waals surface area contributed by atoms with Crippen LogP contribution in [0.15, 0.2) is 35.8 Å². The quantitative estimate of drug-likeness (QED) is 0.533. The second-order valence-electron chi connectivity index (χ2n) is 4.93. The summed E-state index contributed by atoms with van der Waals surface area (Å²) in [6, 6.07) is 10.4. The minimum Gasteiger partial charge on any atom is -0.467 e. The molecule has 118 valence electrons. The van der Waals surface area contributed by atoms with Crippen LogP contribution in [0.25, 0.3) is 0 Å². The second kappa shape index (κ2) is 9.56. The summed E-state index contributed by atoms with van der Waals surface area (Å²) in [4.78, 5) is 14.7. The fourth-order valence-corrected chi connectivity index (χ4v) is 3.16. The molecule has 0 aliphatic heterocycles. The maximum atomic E-state index is 10.4. The normalized spacial score (nSPS) is 12.0. The smallest absolute Gasteiger partial charge is 0.293 e. The van der Waals surface area contributed by atoms with Gasteiger partial charge in [0, 0.05) is 6.54 Å². The first-order chi connectivity index (χ1) is 10.8. The zero-order chi connectivity index (χ0) is 15.6. The standard InChI is InChI=1S/C16H19ClN2O2S/c17-16-15(19-11-22-16)14(10-21-12-20)9-18-8-4-7-13-5-2-1-3-6-13/h1-3,5-6,11-12,14,18H,4,7-10H2. The molecule has 0 fully saturated rings. The highest BCUT2D eigenvalue weighted by Gasteiger charge is 2.18. The predicted molar refractivity (Wildman–Crippen MR) is 89.5 cm³/mol. The van der Waals surface area contributed by atoms with Crippen LogP contribution >= 0.6 is 22.9 Å². The Morgan fingerprint density at radius 3 is 2.86 bits per heavy atom. The largest absolute Gasteiger partial charge is 0.467 e. The first kappa shape index (κ1) is 16.9. The average molecular weight is 339 g/mol. The van der Waals surface area contributed by atoms with Crippen LogP contribution in [0, 0.1) is 0 Å². The van der Waals surface area contributed by atoms with Gasteiger partial charge in [0.15, 0.2) is 0 Å². The van der Waals surface area contributed by atoms with Gasteiger partial charge in [-0.15, -0.1) is 11.3 Å². The molecule has 1 heterocycles. The third-order valence-corrected chi connectivity index (χ3v) is 4.44. The molecule has 0 saturated heterocycles. The van der Waals surface area contributed by atoms with Gasteiger partial charge in [-0.05, 0) is 24.9 Å². The lowest BCUT2D eigenvalue weighted by Gasteiger charge is -2.15. The highest BCUT2D eigenvalue weighted by molar-refractivity contribution is 7.14. The molecule has 0 aliphatic rings. The molecule has 1 aromatic carbocycles. The number of aromatic nitrogens is 1. The van der Waals surface area contributed by atoms with Crippen molar-refractivity contribution in [2.45, 2.75) is 18.8 Å². The van der Waals surface area contributed by atoms with E-state index < -0.39 is 0 Å². The summed E-state index contributed by atoms with van der Waals surface area (Å²) >= 11 is 7.51. The fourth-order valence-electron chi connectivity index (χ4n) is 2.23. The van der Waals surface area contributed by atoms with Crippen LogP contribution in [0.1, 0.15) is 23.6 Å². The first-order valence-corrected chi connectivity index (χ1v) is 8.45. The molecular formula is C16H19ClN2O2S. The van der Waals surface area contributed by atoms with Crippen molar-refractivity contribution < 1.29 is 9.53 Å². The van der Waals surface area contributed by atoms with E-state index in [0.717, 1.165) is 25.1 Å². The van der Waals surface area contributed by atoms with Gasteiger partial charge in [0.1, 0.15) is 10.9 Å². The highest BCUT2D eigenvalue weighted by Crippen LogP contribution is 2.26. The number of aryl methyl sites for hydroxylation is 1. The number of carbonyl (C=O) groups is 1. The number of ether oxygens (including phenoxy) is 1. The molecule has 1 aromatic heterocycles. The molecular weight excluding hydrogens is 320 g/mol. The van der Waals surface area contributed by atoms with Crippen LogP contribution in [0.2, 0.25) is 4.34 Å². The second-order valence-corrected chi connectivity index (χ2v) is 6.39. The van der Waals surface area contributed by atoms with Crippen LogP contribution in [-0.2, 0) is 16.0 Å². The number of carbonyl (C=O) groups excluding carboxylic acids is 1. The van der Waals surface area contributed by atoms with Gasteiger partial charge < -0.3 is 10.1 Å². The van der Waals surface area contributed by atoms with Crippen LogP contribution < -0.4 is 5.32 Å². The Morgan fingerprint density at radius 1 is 1.36 bits per heavy atom. The topological polar surface area (TPSA) is 51.2 Å². The Morgan fingerprint density at radius 2 is 2.18 bits per heavy atom. The fraction of sp³-hybridized carbons (Fsp3) is 0.375. The van der Waals surface area contributed by atoms with Crippen molar-refractivity contribution in [3.63, 3.8) is 0 Å². The van der Waals surface area contributed by atoms with Crippen molar-refractivity contribution in [2.75, 3.05) is 19.7 Å². The maximum Gasteiger partial charge on any atom is 0.293 e. The van der Waals surface area contributed by atoms with Gasteiger partial charge >= 0.3 is 0 Å². The van der Waals surface area contributed by atoms with Crippen LogP contribution in [0.5, 0.6) is 0 Å². The van der Waals surface area contributed by atoms with Crippen molar-refractivity contribution in [3.8, 4) is 0 Å². The summed E-state index contributed by atoms with van der Waals surface area (Å²) in [7, 11) is 0. The van der Waals surface area contributed by atoms with Crippen LogP contribution in [-0.4, -0.2) is 31.2 Å². The summed E-state index contributed by atoms with van der Waals surface area (Å²) in [5.41, 5.74) is 3.85. The zero-order valence-electron chi connectivity index (χ0n) is 12.2. The molecule has 1 atom stereocenters. The molecule has 1 N–H and O–H groups in total. The number of nitrogens with one attached hydrogen (secondary N) is 1. The lowest BCUT2D eigenvalue weighted by molar-refractivity contribution is -0.129. The number of hydrogen-bond acceptors (Lipinski definition) is 5. The number of benzene rings is 1. The number of hydrogen-bond donors (Lipinski definition) is 1. The van der Waals surface area contributed by atoms with Crippen molar-refractivity contribution >= 4 is 29.4 Å². The summed E-state index contributed by atoms with van der Waals surface area (Å²) in [6.07, 6.45) is 2.09. The predicted octanol–water partition coefficient (Wildman–Crippen LogP) is 3.28. The van der Waals surface area contributed by atoms with Gasteiger partial charge in [-0.1, -0.05) is 41.9 Å². The summed E-state index contributed by atoms with van der Waals surface area (Å²) in [6.45, 7) is 2.33. The molecule has 2 aromatic rings. The Balaban J connectivity index is 1.74. The Hall–Kier alpha value is -1.43. The summed E-state index contributed by atoms with van der Waals surface area (Å²) in [5, 5.41) is 3.39. The monoisotopic (exact) mass is 338 g/mol. The van der Waals surface area contributed by atoms with Crippen LogP contribution in [0.3, 0.4) is 0 Å². The first-order valence-electron chi connectivity index (χ1n) is 7.20. The summed E-state index contributed by atoms with van der Waals surface area (Å²) in [5.74, 6) is -0.0133. The molecule has 6 heteroatoms. The number of nitrogens with zero attached hydrogens (tertiary/aromatic N) is 1. The van der Waals surface area contributed by atoms with Gasteiger partial charge in [-0.2, -0.15) is 0 Å². The van der Waals surface area contributed by atoms with Gasteiger partial charge in [0.05, 0.1) is 17.1 Å². The zero-order valence-corrected chi connectivity index (χ0v) is 13.8. The van der Waals surface area contributed by atoms with E-state index in [9.17, 15) is 4.79 Å². The van der Waals surface area contributed by atoms with E-state index in [1.54, 1.807) is 5.51 Å². The van der Waals surface area contributed by atoms with E-state index in [-0.39, 0.29) is 5.92 Å². The van der Waals surface area contributed by atoms with E-state index in [1.807, 2.05) is 6.07 Å². The van der Waals surface area contributed by atoms with Gasteiger partial charge in [0.2, 0.25) is 0 Å². The van der Waals surface area contributed by atoms with E-state index >= 15 is 0 Å². The molecule has 1 unspecified atom stereocenters. The van der Waals surface area contributed by atoms with E-state index in [0.29, 0.717) is 24.0 Å². The highest BCUT2D eigenvalue weighted by atomic mass is 35.5. The SMILES string of the molecule is O=COCC(CNCCCc1ccccc1)c1ncsc1Cl. The Kier molecular flexibility index (Phi) is 7.36.